The van der Waals surface area contributed by atoms with Crippen LogP contribution in [0, 0.1) is 6.92 Å². The first-order valence-electron chi connectivity index (χ1n) is 9.26. The first kappa shape index (κ1) is 19.9. The number of anilines is 1. The highest BCUT2D eigenvalue weighted by molar-refractivity contribution is 7.17. The summed E-state index contributed by atoms with van der Waals surface area (Å²) in [4.78, 5) is 26.6. The fraction of sp³-hybridized carbons (Fsp3) is 0.526. The van der Waals surface area contributed by atoms with Gasteiger partial charge < -0.3 is 10.1 Å². The molecule has 0 saturated carbocycles. The molecule has 0 saturated heterocycles. The Kier molecular flexibility index (Phi) is 6.22. The number of halogens is 1. The summed E-state index contributed by atoms with van der Waals surface area (Å²) in [5.41, 5.74) is 2.23. The molecule has 0 bridgehead atoms. The summed E-state index contributed by atoms with van der Waals surface area (Å²) in [7, 11) is 0. The Morgan fingerprint density at radius 2 is 2.15 bits per heavy atom. The molecular formula is C19H24ClN3O3S. The van der Waals surface area contributed by atoms with Gasteiger partial charge in [0.1, 0.15) is 11.0 Å². The van der Waals surface area contributed by atoms with E-state index in [-0.39, 0.29) is 11.9 Å². The Morgan fingerprint density at radius 3 is 2.81 bits per heavy atom. The SMILES string of the molecule is CCCOC(=O)c1c(NC(=O)C(C)n2cc(Cl)c(C)n2)sc2c1CCCC2. The van der Waals surface area contributed by atoms with Gasteiger partial charge in [-0.25, -0.2) is 4.79 Å². The van der Waals surface area contributed by atoms with Gasteiger partial charge in [-0.3, -0.25) is 9.48 Å². The molecule has 1 amide bonds. The topological polar surface area (TPSA) is 73.2 Å². The number of carbonyl (C=O) groups excluding carboxylic acids is 2. The zero-order valence-electron chi connectivity index (χ0n) is 15.8. The fourth-order valence-electron chi connectivity index (χ4n) is 3.13. The lowest BCUT2D eigenvalue weighted by molar-refractivity contribution is -0.119. The number of nitrogens with one attached hydrogen (secondary N) is 1. The number of hydrogen-bond donors (Lipinski definition) is 1. The maximum absolute atomic E-state index is 12.8. The molecule has 3 rings (SSSR count). The lowest BCUT2D eigenvalue weighted by Gasteiger charge is -2.14. The Morgan fingerprint density at radius 1 is 1.41 bits per heavy atom. The number of nitrogens with zero attached hydrogens (tertiary/aromatic N) is 2. The molecule has 0 radical (unpaired) electrons. The molecule has 27 heavy (non-hydrogen) atoms. The van der Waals surface area contributed by atoms with Crippen LogP contribution in [0.2, 0.25) is 5.02 Å². The minimum absolute atomic E-state index is 0.239. The molecule has 0 spiro atoms. The van der Waals surface area contributed by atoms with Crippen molar-refractivity contribution in [1.82, 2.24) is 9.78 Å². The van der Waals surface area contributed by atoms with E-state index in [1.807, 2.05) is 6.92 Å². The minimum atomic E-state index is -0.546. The molecule has 1 N–H and O–H groups in total. The second-order valence-electron chi connectivity index (χ2n) is 6.76. The van der Waals surface area contributed by atoms with Crippen molar-refractivity contribution in [3.63, 3.8) is 0 Å². The van der Waals surface area contributed by atoms with E-state index >= 15 is 0 Å². The van der Waals surface area contributed by atoms with Gasteiger partial charge in [-0.1, -0.05) is 18.5 Å². The van der Waals surface area contributed by atoms with Crippen molar-refractivity contribution < 1.29 is 14.3 Å². The highest BCUT2D eigenvalue weighted by Crippen LogP contribution is 2.39. The molecule has 1 unspecified atom stereocenters. The summed E-state index contributed by atoms with van der Waals surface area (Å²) in [5, 5.41) is 8.30. The lowest BCUT2D eigenvalue weighted by Crippen LogP contribution is -2.24. The number of fused-ring (bicyclic) bond motifs is 1. The van der Waals surface area contributed by atoms with Crippen LogP contribution in [-0.4, -0.2) is 28.3 Å². The van der Waals surface area contributed by atoms with Crippen LogP contribution in [0.1, 0.15) is 65.6 Å². The predicted molar refractivity (Wildman–Crippen MR) is 107 cm³/mol. The Bertz CT molecular complexity index is 839. The van der Waals surface area contributed by atoms with Gasteiger partial charge in [-0.15, -0.1) is 11.3 Å². The van der Waals surface area contributed by atoms with E-state index in [0.717, 1.165) is 37.7 Å². The molecule has 0 fully saturated rings. The summed E-state index contributed by atoms with van der Waals surface area (Å²) >= 11 is 7.53. The summed E-state index contributed by atoms with van der Waals surface area (Å²) in [6.45, 7) is 5.87. The first-order valence-corrected chi connectivity index (χ1v) is 10.5. The van der Waals surface area contributed by atoms with E-state index in [1.165, 1.54) is 20.9 Å². The summed E-state index contributed by atoms with van der Waals surface area (Å²) in [5.74, 6) is -0.588. The monoisotopic (exact) mass is 409 g/mol. The van der Waals surface area contributed by atoms with Gasteiger partial charge in [-0.05, 0) is 51.5 Å². The molecule has 1 aliphatic rings. The average molecular weight is 410 g/mol. The van der Waals surface area contributed by atoms with Crippen molar-refractivity contribution in [2.24, 2.45) is 0 Å². The third kappa shape index (κ3) is 4.19. The van der Waals surface area contributed by atoms with Gasteiger partial charge in [-0.2, -0.15) is 5.10 Å². The number of aromatic nitrogens is 2. The maximum Gasteiger partial charge on any atom is 0.341 e. The standard InChI is InChI=1S/C19H24ClN3O3S/c1-4-9-26-19(25)16-13-7-5-6-8-15(13)27-18(16)21-17(24)12(3)23-10-14(20)11(2)22-23/h10,12H,4-9H2,1-3H3,(H,21,24). The van der Waals surface area contributed by atoms with Crippen LogP contribution in [0.4, 0.5) is 5.00 Å². The van der Waals surface area contributed by atoms with Crippen molar-refractivity contribution >= 4 is 39.8 Å². The zero-order chi connectivity index (χ0) is 19.6. The van der Waals surface area contributed by atoms with Crippen molar-refractivity contribution in [3.05, 3.63) is 32.9 Å². The van der Waals surface area contributed by atoms with E-state index in [4.69, 9.17) is 16.3 Å². The normalized spacial score (nSPS) is 14.5. The van der Waals surface area contributed by atoms with Gasteiger partial charge in [0.25, 0.3) is 0 Å². The lowest BCUT2D eigenvalue weighted by atomic mass is 9.95. The average Bonchev–Trinajstić information content (AvgIpc) is 3.18. The van der Waals surface area contributed by atoms with Gasteiger partial charge in [0.2, 0.25) is 5.91 Å². The molecule has 0 aromatic carbocycles. The number of thiophene rings is 1. The molecule has 2 aromatic rings. The van der Waals surface area contributed by atoms with Crippen molar-refractivity contribution in [2.75, 3.05) is 11.9 Å². The van der Waals surface area contributed by atoms with Crippen LogP contribution >= 0.6 is 22.9 Å². The Labute approximate surface area is 167 Å². The van der Waals surface area contributed by atoms with Gasteiger partial charge in [0, 0.05) is 11.1 Å². The summed E-state index contributed by atoms with van der Waals surface area (Å²) in [6.07, 6.45) is 6.33. The van der Waals surface area contributed by atoms with Crippen molar-refractivity contribution in [3.8, 4) is 0 Å². The quantitative estimate of drug-likeness (QED) is 0.710. The molecule has 1 atom stereocenters. The molecule has 2 aromatic heterocycles. The van der Waals surface area contributed by atoms with E-state index in [1.54, 1.807) is 20.0 Å². The van der Waals surface area contributed by atoms with Crippen LogP contribution in [0.25, 0.3) is 0 Å². The molecule has 6 nitrogen and oxygen atoms in total. The van der Waals surface area contributed by atoms with E-state index in [2.05, 4.69) is 10.4 Å². The molecule has 2 heterocycles. The fourth-order valence-corrected chi connectivity index (χ4v) is 4.55. The number of amides is 1. The van der Waals surface area contributed by atoms with Crippen LogP contribution in [-0.2, 0) is 22.4 Å². The second kappa shape index (κ2) is 8.44. The van der Waals surface area contributed by atoms with Crippen LogP contribution in [0.5, 0.6) is 0 Å². The van der Waals surface area contributed by atoms with Crippen LogP contribution < -0.4 is 5.32 Å². The van der Waals surface area contributed by atoms with Crippen molar-refractivity contribution in [2.45, 2.75) is 58.9 Å². The van der Waals surface area contributed by atoms with E-state index in [9.17, 15) is 9.59 Å². The molecule has 146 valence electrons. The number of carbonyl (C=O) groups is 2. The molecule has 8 heteroatoms. The molecular weight excluding hydrogens is 386 g/mol. The predicted octanol–water partition coefficient (Wildman–Crippen LogP) is 4.55. The molecule has 1 aliphatic carbocycles. The van der Waals surface area contributed by atoms with Gasteiger partial charge >= 0.3 is 5.97 Å². The third-order valence-electron chi connectivity index (χ3n) is 4.68. The van der Waals surface area contributed by atoms with E-state index < -0.39 is 6.04 Å². The number of rotatable bonds is 6. The summed E-state index contributed by atoms with van der Waals surface area (Å²) < 4.78 is 6.91. The third-order valence-corrected chi connectivity index (χ3v) is 6.26. The molecule has 0 aliphatic heterocycles. The largest absolute Gasteiger partial charge is 0.462 e. The highest BCUT2D eigenvalue weighted by Gasteiger charge is 2.28. The smallest absolute Gasteiger partial charge is 0.341 e. The number of hydrogen-bond acceptors (Lipinski definition) is 5. The number of ether oxygens (including phenoxy) is 1. The first-order chi connectivity index (χ1) is 12.9. The van der Waals surface area contributed by atoms with Gasteiger partial charge in [0.05, 0.1) is 22.9 Å². The van der Waals surface area contributed by atoms with Crippen LogP contribution in [0.3, 0.4) is 0 Å². The van der Waals surface area contributed by atoms with E-state index in [0.29, 0.717) is 27.9 Å². The Hall–Kier alpha value is -1.86. The zero-order valence-corrected chi connectivity index (χ0v) is 17.4. The minimum Gasteiger partial charge on any atom is -0.462 e. The van der Waals surface area contributed by atoms with Gasteiger partial charge in [0.15, 0.2) is 0 Å². The number of aryl methyl sites for hydroxylation is 2. The Balaban J connectivity index is 1.85. The highest BCUT2D eigenvalue weighted by atomic mass is 35.5. The second-order valence-corrected chi connectivity index (χ2v) is 8.27. The number of esters is 1. The van der Waals surface area contributed by atoms with Crippen molar-refractivity contribution in [1.29, 1.82) is 0 Å². The summed E-state index contributed by atoms with van der Waals surface area (Å²) in [6, 6.07) is -0.546. The van der Waals surface area contributed by atoms with Crippen LogP contribution in [0.15, 0.2) is 6.20 Å². The maximum atomic E-state index is 12.8.